The predicted octanol–water partition coefficient (Wildman–Crippen LogP) is 3.78. The van der Waals surface area contributed by atoms with Crippen molar-refractivity contribution in [2.45, 2.75) is 25.5 Å². The smallest absolute Gasteiger partial charge is 0.234 e. The summed E-state index contributed by atoms with van der Waals surface area (Å²) in [4.78, 5) is 14.4. The van der Waals surface area contributed by atoms with Gasteiger partial charge in [0.05, 0.1) is 5.75 Å². The molecule has 1 aliphatic heterocycles. The molecule has 0 aliphatic carbocycles. The van der Waals surface area contributed by atoms with Crippen molar-refractivity contribution in [3.8, 4) is 0 Å². The summed E-state index contributed by atoms with van der Waals surface area (Å²) in [6.45, 7) is 5.76. The molecule has 1 aliphatic rings. The SMILES string of the molecule is Cc1ccc(N2CCn3c(SCC(=O)Nc4cccc(C)c4)nnc32)cc1. The highest BCUT2D eigenvalue weighted by Crippen LogP contribution is 2.32. The van der Waals surface area contributed by atoms with Crippen molar-refractivity contribution in [3.05, 3.63) is 59.7 Å². The zero-order chi connectivity index (χ0) is 18.8. The van der Waals surface area contributed by atoms with Gasteiger partial charge in [-0.25, -0.2) is 0 Å². The quantitative estimate of drug-likeness (QED) is 0.684. The van der Waals surface area contributed by atoms with E-state index in [1.165, 1.54) is 17.3 Å². The van der Waals surface area contributed by atoms with Gasteiger partial charge in [0.15, 0.2) is 5.16 Å². The van der Waals surface area contributed by atoms with Crippen molar-refractivity contribution < 1.29 is 4.79 Å². The average molecular weight is 379 g/mol. The Kier molecular flexibility index (Phi) is 4.85. The number of hydrogen-bond donors (Lipinski definition) is 1. The highest BCUT2D eigenvalue weighted by atomic mass is 32.2. The summed E-state index contributed by atoms with van der Waals surface area (Å²) < 4.78 is 2.07. The summed E-state index contributed by atoms with van der Waals surface area (Å²) in [5.74, 6) is 1.09. The van der Waals surface area contributed by atoms with Gasteiger partial charge >= 0.3 is 0 Å². The molecule has 0 saturated carbocycles. The van der Waals surface area contributed by atoms with Crippen LogP contribution in [0.2, 0.25) is 0 Å². The molecule has 0 bridgehead atoms. The fourth-order valence-corrected chi connectivity index (χ4v) is 3.86. The third-order valence-electron chi connectivity index (χ3n) is 4.47. The van der Waals surface area contributed by atoms with Crippen LogP contribution in [0.25, 0.3) is 0 Å². The Morgan fingerprint density at radius 3 is 2.67 bits per heavy atom. The number of hydrogen-bond acceptors (Lipinski definition) is 5. The first-order chi connectivity index (χ1) is 13.1. The lowest BCUT2D eigenvalue weighted by Gasteiger charge is -2.15. The number of anilines is 3. The Morgan fingerprint density at radius 2 is 1.89 bits per heavy atom. The summed E-state index contributed by atoms with van der Waals surface area (Å²) >= 11 is 1.41. The Morgan fingerprint density at radius 1 is 1.07 bits per heavy atom. The number of aryl methyl sites for hydroxylation is 2. The van der Waals surface area contributed by atoms with Crippen LogP contribution in [0.4, 0.5) is 17.3 Å². The van der Waals surface area contributed by atoms with E-state index in [4.69, 9.17) is 0 Å². The third-order valence-corrected chi connectivity index (χ3v) is 5.43. The lowest BCUT2D eigenvalue weighted by molar-refractivity contribution is -0.113. The summed E-state index contributed by atoms with van der Waals surface area (Å²) in [6, 6.07) is 16.2. The molecule has 3 aromatic rings. The number of thioether (sulfide) groups is 1. The minimum atomic E-state index is -0.0451. The second-order valence-corrected chi connectivity index (χ2v) is 7.57. The lowest BCUT2D eigenvalue weighted by atomic mass is 10.2. The Bertz CT molecular complexity index is 967. The van der Waals surface area contributed by atoms with Crippen LogP contribution in [-0.4, -0.2) is 33.0 Å². The minimum absolute atomic E-state index is 0.0451. The molecule has 27 heavy (non-hydrogen) atoms. The second kappa shape index (κ2) is 7.44. The van der Waals surface area contributed by atoms with Gasteiger partial charge in [-0.1, -0.05) is 41.6 Å². The molecular weight excluding hydrogens is 358 g/mol. The summed E-state index contributed by atoms with van der Waals surface area (Å²) in [6.07, 6.45) is 0. The van der Waals surface area contributed by atoms with Crippen LogP contribution in [0.15, 0.2) is 53.7 Å². The zero-order valence-electron chi connectivity index (χ0n) is 15.3. The van der Waals surface area contributed by atoms with Crippen LogP contribution in [-0.2, 0) is 11.3 Å². The number of nitrogens with one attached hydrogen (secondary N) is 1. The molecule has 0 spiro atoms. The van der Waals surface area contributed by atoms with Gasteiger partial charge in [0.25, 0.3) is 0 Å². The number of benzene rings is 2. The summed E-state index contributed by atoms with van der Waals surface area (Å²) in [5.41, 5.74) is 4.28. The maximum Gasteiger partial charge on any atom is 0.234 e. The first-order valence-corrected chi connectivity index (χ1v) is 9.85. The van der Waals surface area contributed by atoms with Crippen LogP contribution < -0.4 is 10.2 Å². The van der Waals surface area contributed by atoms with E-state index in [-0.39, 0.29) is 5.91 Å². The van der Waals surface area contributed by atoms with E-state index in [0.717, 1.165) is 41.1 Å². The van der Waals surface area contributed by atoms with Gasteiger partial charge in [0, 0.05) is 24.5 Å². The Labute approximate surface area is 162 Å². The van der Waals surface area contributed by atoms with Crippen molar-refractivity contribution in [2.75, 3.05) is 22.5 Å². The first-order valence-electron chi connectivity index (χ1n) is 8.87. The van der Waals surface area contributed by atoms with Crippen molar-refractivity contribution >= 4 is 35.0 Å². The number of carbonyl (C=O) groups excluding carboxylic acids is 1. The topological polar surface area (TPSA) is 63.1 Å². The number of fused-ring (bicyclic) bond motifs is 1. The van der Waals surface area contributed by atoms with E-state index in [1.54, 1.807) is 0 Å². The highest BCUT2D eigenvalue weighted by Gasteiger charge is 2.26. The van der Waals surface area contributed by atoms with Crippen LogP contribution in [0.1, 0.15) is 11.1 Å². The van der Waals surface area contributed by atoms with Gasteiger partial charge in [-0.3, -0.25) is 9.36 Å². The molecule has 7 heteroatoms. The first kappa shape index (κ1) is 17.6. The monoisotopic (exact) mass is 379 g/mol. The molecule has 0 atom stereocenters. The predicted molar refractivity (Wildman–Crippen MR) is 109 cm³/mol. The van der Waals surface area contributed by atoms with Gasteiger partial charge in [0.2, 0.25) is 11.9 Å². The number of carbonyl (C=O) groups is 1. The molecular formula is C20H21N5OS. The maximum absolute atomic E-state index is 12.2. The molecule has 6 nitrogen and oxygen atoms in total. The van der Waals surface area contributed by atoms with E-state index in [1.807, 2.05) is 31.2 Å². The molecule has 1 N–H and O–H groups in total. The molecule has 0 fully saturated rings. The number of amides is 1. The van der Waals surface area contributed by atoms with Crippen molar-refractivity contribution in [1.82, 2.24) is 14.8 Å². The number of aromatic nitrogens is 3. The summed E-state index contributed by atoms with van der Waals surface area (Å²) in [5, 5.41) is 12.3. The molecule has 0 unspecified atom stereocenters. The van der Waals surface area contributed by atoms with E-state index in [0.29, 0.717) is 5.75 Å². The Balaban J connectivity index is 1.41. The maximum atomic E-state index is 12.2. The van der Waals surface area contributed by atoms with E-state index >= 15 is 0 Å². The molecule has 2 aromatic carbocycles. The van der Waals surface area contributed by atoms with Crippen LogP contribution in [0, 0.1) is 13.8 Å². The normalized spacial score (nSPS) is 12.9. The van der Waals surface area contributed by atoms with Gasteiger partial charge in [0.1, 0.15) is 0 Å². The molecule has 2 heterocycles. The molecule has 138 valence electrons. The minimum Gasteiger partial charge on any atom is -0.325 e. The van der Waals surface area contributed by atoms with Crippen molar-refractivity contribution in [2.24, 2.45) is 0 Å². The molecule has 0 radical (unpaired) electrons. The molecule has 0 saturated heterocycles. The highest BCUT2D eigenvalue weighted by molar-refractivity contribution is 7.99. The van der Waals surface area contributed by atoms with Gasteiger partial charge in [-0.15, -0.1) is 10.2 Å². The average Bonchev–Trinajstić information content (AvgIpc) is 3.23. The number of rotatable bonds is 5. The van der Waals surface area contributed by atoms with Crippen molar-refractivity contribution in [3.63, 3.8) is 0 Å². The van der Waals surface area contributed by atoms with Crippen LogP contribution >= 0.6 is 11.8 Å². The molecule has 4 rings (SSSR count). The van der Waals surface area contributed by atoms with Crippen LogP contribution in [0.5, 0.6) is 0 Å². The van der Waals surface area contributed by atoms with Gasteiger partial charge < -0.3 is 10.2 Å². The lowest BCUT2D eigenvalue weighted by Crippen LogP contribution is -2.14. The van der Waals surface area contributed by atoms with Crippen LogP contribution in [0.3, 0.4) is 0 Å². The molecule has 1 aromatic heterocycles. The fourth-order valence-electron chi connectivity index (χ4n) is 3.10. The van der Waals surface area contributed by atoms with E-state index in [9.17, 15) is 4.79 Å². The fraction of sp³-hybridized carbons (Fsp3) is 0.250. The van der Waals surface area contributed by atoms with Gasteiger partial charge in [-0.2, -0.15) is 0 Å². The third kappa shape index (κ3) is 3.83. The largest absolute Gasteiger partial charge is 0.325 e. The van der Waals surface area contributed by atoms with E-state index in [2.05, 4.69) is 56.2 Å². The standard InChI is InChI=1S/C20H21N5OS/c1-14-6-8-17(9-7-14)24-10-11-25-19(24)22-23-20(25)27-13-18(26)21-16-5-3-4-15(2)12-16/h3-9,12H,10-11,13H2,1-2H3,(H,21,26). The number of nitrogens with zero attached hydrogens (tertiary/aromatic N) is 4. The zero-order valence-corrected chi connectivity index (χ0v) is 16.2. The molecule has 1 amide bonds. The second-order valence-electron chi connectivity index (χ2n) is 6.63. The van der Waals surface area contributed by atoms with E-state index < -0.39 is 0 Å². The van der Waals surface area contributed by atoms with Crippen molar-refractivity contribution in [1.29, 1.82) is 0 Å². The Hall–Kier alpha value is -2.80. The van der Waals surface area contributed by atoms with Gasteiger partial charge in [-0.05, 0) is 43.7 Å². The summed E-state index contributed by atoms with van der Waals surface area (Å²) in [7, 11) is 0.